The molecule has 0 fully saturated rings. The lowest BCUT2D eigenvalue weighted by Crippen LogP contribution is -2.25. The Hall–Kier alpha value is -0.980. The zero-order valence-corrected chi connectivity index (χ0v) is 11.1. The number of para-hydroxylation sites is 1. The van der Waals surface area contributed by atoms with E-state index in [1.807, 2.05) is 0 Å². The van der Waals surface area contributed by atoms with Gasteiger partial charge in [-0.15, -0.1) is 0 Å². The van der Waals surface area contributed by atoms with Gasteiger partial charge < -0.3 is 4.74 Å². The quantitative estimate of drug-likeness (QED) is 0.726. The van der Waals surface area contributed by atoms with Crippen LogP contribution in [0.15, 0.2) is 18.2 Å². The van der Waals surface area contributed by atoms with Gasteiger partial charge in [0.25, 0.3) is 0 Å². The van der Waals surface area contributed by atoms with Gasteiger partial charge >= 0.3 is 0 Å². The molecule has 0 unspecified atom stereocenters. The van der Waals surface area contributed by atoms with E-state index in [9.17, 15) is 0 Å². The van der Waals surface area contributed by atoms with E-state index in [4.69, 9.17) is 4.74 Å². The highest BCUT2D eigenvalue weighted by Gasteiger charge is 2.34. The van der Waals surface area contributed by atoms with Crippen LogP contribution in [-0.4, -0.2) is 5.60 Å². The van der Waals surface area contributed by atoms with Crippen molar-refractivity contribution in [2.45, 2.75) is 58.5 Å². The first-order valence-electron chi connectivity index (χ1n) is 6.17. The Morgan fingerprint density at radius 1 is 1.31 bits per heavy atom. The molecule has 0 bridgehead atoms. The van der Waals surface area contributed by atoms with Crippen molar-refractivity contribution in [3.8, 4) is 5.75 Å². The van der Waals surface area contributed by atoms with E-state index in [0.29, 0.717) is 0 Å². The molecule has 1 nitrogen and oxygen atoms in total. The van der Waals surface area contributed by atoms with Gasteiger partial charge in [-0.3, -0.25) is 0 Å². The van der Waals surface area contributed by atoms with Gasteiger partial charge in [-0.2, -0.15) is 0 Å². The van der Waals surface area contributed by atoms with E-state index in [-0.39, 0.29) is 11.0 Å². The Balaban J connectivity index is 2.49. The van der Waals surface area contributed by atoms with Crippen LogP contribution in [0, 0.1) is 0 Å². The van der Waals surface area contributed by atoms with E-state index in [1.54, 1.807) is 0 Å². The lowest BCUT2D eigenvalue weighted by atomic mass is 9.81. The van der Waals surface area contributed by atoms with Gasteiger partial charge in [-0.05, 0) is 31.2 Å². The second-order valence-corrected chi connectivity index (χ2v) is 6.07. The molecule has 0 aliphatic carbocycles. The standard InChI is InChI=1S/C15H22O/c1-6-14(2,3)12-9-7-8-11-10-15(4,5)16-13(11)12/h7-9H,6,10H2,1-5H3. The summed E-state index contributed by atoms with van der Waals surface area (Å²) in [6.45, 7) is 11.1. The van der Waals surface area contributed by atoms with Crippen LogP contribution in [0.4, 0.5) is 0 Å². The molecule has 0 saturated carbocycles. The highest BCUT2D eigenvalue weighted by molar-refractivity contribution is 5.48. The Labute approximate surface area is 98.8 Å². The van der Waals surface area contributed by atoms with Crippen LogP contribution < -0.4 is 4.74 Å². The van der Waals surface area contributed by atoms with Gasteiger partial charge in [0.2, 0.25) is 0 Å². The molecular weight excluding hydrogens is 196 g/mol. The zero-order valence-electron chi connectivity index (χ0n) is 11.1. The minimum Gasteiger partial charge on any atom is -0.487 e. The van der Waals surface area contributed by atoms with Crippen LogP contribution >= 0.6 is 0 Å². The van der Waals surface area contributed by atoms with Gasteiger partial charge in [0, 0.05) is 12.0 Å². The smallest absolute Gasteiger partial charge is 0.127 e. The minimum atomic E-state index is -0.0394. The number of fused-ring (bicyclic) bond motifs is 1. The molecule has 1 heterocycles. The first-order chi connectivity index (χ1) is 7.36. The van der Waals surface area contributed by atoms with Crippen molar-refractivity contribution in [1.29, 1.82) is 0 Å². The molecule has 2 rings (SSSR count). The van der Waals surface area contributed by atoms with Crippen LogP contribution in [0.25, 0.3) is 0 Å². The molecule has 0 aromatic heterocycles. The molecule has 0 saturated heterocycles. The number of hydrogen-bond donors (Lipinski definition) is 0. The van der Waals surface area contributed by atoms with Crippen molar-refractivity contribution in [1.82, 2.24) is 0 Å². The van der Waals surface area contributed by atoms with Crippen LogP contribution in [0.2, 0.25) is 0 Å². The Morgan fingerprint density at radius 3 is 2.62 bits per heavy atom. The first kappa shape index (κ1) is 11.5. The molecule has 0 spiro atoms. The molecule has 88 valence electrons. The van der Waals surface area contributed by atoms with E-state index in [2.05, 4.69) is 52.8 Å². The third-order valence-corrected chi connectivity index (χ3v) is 3.70. The summed E-state index contributed by atoms with van der Waals surface area (Å²) in [7, 11) is 0. The minimum absolute atomic E-state index is 0.0394. The summed E-state index contributed by atoms with van der Waals surface area (Å²) in [4.78, 5) is 0. The predicted molar refractivity (Wildman–Crippen MR) is 68.2 cm³/mol. The fourth-order valence-electron chi connectivity index (χ4n) is 2.34. The molecule has 0 radical (unpaired) electrons. The van der Waals surface area contributed by atoms with Crippen molar-refractivity contribution >= 4 is 0 Å². The monoisotopic (exact) mass is 218 g/mol. The maximum absolute atomic E-state index is 6.11. The molecule has 0 amide bonds. The van der Waals surface area contributed by atoms with E-state index < -0.39 is 0 Å². The Morgan fingerprint density at radius 2 is 2.00 bits per heavy atom. The average molecular weight is 218 g/mol. The van der Waals surface area contributed by atoms with Crippen molar-refractivity contribution in [3.05, 3.63) is 29.3 Å². The number of benzene rings is 1. The molecule has 1 aliphatic heterocycles. The fourth-order valence-corrected chi connectivity index (χ4v) is 2.34. The van der Waals surface area contributed by atoms with E-state index >= 15 is 0 Å². The molecule has 1 heteroatoms. The molecule has 1 aromatic rings. The highest BCUT2D eigenvalue weighted by Crippen LogP contribution is 2.43. The van der Waals surface area contributed by atoms with Crippen molar-refractivity contribution in [3.63, 3.8) is 0 Å². The second-order valence-electron chi connectivity index (χ2n) is 6.07. The van der Waals surface area contributed by atoms with Gasteiger partial charge in [-0.1, -0.05) is 39.0 Å². The van der Waals surface area contributed by atoms with Crippen LogP contribution in [-0.2, 0) is 11.8 Å². The summed E-state index contributed by atoms with van der Waals surface area (Å²) in [6.07, 6.45) is 2.16. The molecule has 1 aromatic carbocycles. The predicted octanol–water partition coefficient (Wildman–Crippen LogP) is 4.09. The van der Waals surface area contributed by atoms with Crippen LogP contribution in [0.3, 0.4) is 0 Å². The van der Waals surface area contributed by atoms with Gasteiger partial charge in [0.15, 0.2) is 0 Å². The fraction of sp³-hybridized carbons (Fsp3) is 0.600. The first-order valence-corrected chi connectivity index (χ1v) is 6.17. The number of hydrogen-bond acceptors (Lipinski definition) is 1. The van der Waals surface area contributed by atoms with Crippen LogP contribution in [0.5, 0.6) is 5.75 Å². The molecule has 0 N–H and O–H groups in total. The average Bonchev–Trinajstić information content (AvgIpc) is 2.50. The molecule has 1 aliphatic rings. The third kappa shape index (κ3) is 1.83. The number of rotatable bonds is 2. The summed E-state index contributed by atoms with van der Waals surface area (Å²) in [5.41, 5.74) is 2.88. The number of ether oxygens (including phenoxy) is 1. The molecule has 0 atom stereocenters. The lowest BCUT2D eigenvalue weighted by Gasteiger charge is -2.26. The van der Waals surface area contributed by atoms with E-state index in [1.165, 1.54) is 11.1 Å². The molecule has 16 heavy (non-hydrogen) atoms. The summed E-state index contributed by atoms with van der Waals surface area (Å²) in [5, 5.41) is 0. The van der Waals surface area contributed by atoms with Crippen LogP contribution in [0.1, 0.15) is 52.2 Å². The largest absolute Gasteiger partial charge is 0.487 e. The van der Waals surface area contributed by atoms with Gasteiger partial charge in [0.05, 0.1) is 0 Å². The van der Waals surface area contributed by atoms with Gasteiger partial charge in [0.1, 0.15) is 11.4 Å². The van der Waals surface area contributed by atoms with Gasteiger partial charge in [-0.25, -0.2) is 0 Å². The summed E-state index contributed by atoms with van der Waals surface area (Å²) in [6, 6.07) is 6.57. The van der Waals surface area contributed by atoms with Crippen molar-refractivity contribution < 1.29 is 4.74 Å². The SMILES string of the molecule is CCC(C)(C)c1cccc2c1OC(C)(C)C2. The zero-order chi connectivity index (χ0) is 12.0. The normalized spacial score (nSPS) is 18.1. The maximum Gasteiger partial charge on any atom is 0.127 e. The topological polar surface area (TPSA) is 9.23 Å². The lowest BCUT2D eigenvalue weighted by molar-refractivity contribution is 0.135. The highest BCUT2D eigenvalue weighted by atomic mass is 16.5. The maximum atomic E-state index is 6.11. The summed E-state index contributed by atoms with van der Waals surface area (Å²) in [5.74, 6) is 1.14. The summed E-state index contributed by atoms with van der Waals surface area (Å²) < 4.78 is 6.11. The van der Waals surface area contributed by atoms with Crippen molar-refractivity contribution in [2.24, 2.45) is 0 Å². The molecular formula is C15H22O. The summed E-state index contributed by atoms with van der Waals surface area (Å²) >= 11 is 0. The Bertz CT molecular complexity index is 402. The van der Waals surface area contributed by atoms with Crippen molar-refractivity contribution in [2.75, 3.05) is 0 Å². The second kappa shape index (κ2) is 3.51. The third-order valence-electron chi connectivity index (χ3n) is 3.70. The Kier molecular flexibility index (Phi) is 2.52. The van der Waals surface area contributed by atoms with E-state index in [0.717, 1.165) is 18.6 Å².